The van der Waals surface area contributed by atoms with Crippen molar-refractivity contribution in [3.8, 4) is 0 Å². The third-order valence-electron chi connectivity index (χ3n) is 3.11. The number of amides is 1. The average molecular weight is 272 g/mol. The zero-order chi connectivity index (χ0) is 14.7. The molecule has 1 aromatic carbocycles. The Balaban J connectivity index is 2.34. The molecule has 104 valence electrons. The van der Waals surface area contributed by atoms with E-state index in [4.69, 9.17) is 5.11 Å². The van der Waals surface area contributed by atoms with Crippen LogP contribution in [0, 0.1) is 5.92 Å². The smallest absolute Gasteiger partial charge is 0.326 e. The number of nitrogens with one attached hydrogen (secondary N) is 1. The normalized spacial score (nSPS) is 12.3. The topological polar surface area (TPSA) is 79.3 Å². The lowest BCUT2D eigenvalue weighted by Crippen LogP contribution is -2.44. The third kappa shape index (κ3) is 2.77. The highest BCUT2D eigenvalue weighted by molar-refractivity contribution is 6.06. The maximum absolute atomic E-state index is 12.3. The number of fused-ring (bicyclic) bond motifs is 1. The van der Waals surface area contributed by atoms with Gasteiger partial charge in [0.15, 0.2) is 0 Å². The highest BCUT2D eigenvalue weighted by atomic mass is 16.4. The molecular formula is C15H16N2O3. The molecule has 5 nitrogen and oxygen atoms in total. The number of rotatable bonds is 4. The maximum Gasteiger partial charge on any atom is 0.326 e. The second-order valence-electron chi connectivity index (χ2n) is 4.91. The Morgan fingerprint density at radius 1 is 1.20 bits per heavy atom. The molecule has 0 aliphatic rings. The zero-order valence-electron chi connectivity index (χ0n) is 11.3. The number of hydrogen-bond donors (Lipinski definition) is 2. The summed E-state index contributed by atoms with van der Waals surface area (Å²) in [5, 5.41) is 12.4. The number of hydrogen-bond acceptors (Lipinski definition) is 3. The summed E-state index contributed by atoms with van der Waals surface area (Å²) in [6.07, 6.45) is 1.54. The number of carboxylic acids is 1. The average Bonchev–Trinajstić information content (AvgIpc) is 2.43. The van der Waals surface area contributed by atoms with Crippen LogP contribution in [0.3, 0.4) is 0 Å². The van der Waals surface area contributed by atoms with Crippen LogP contribution in [0.5, 0.6) is 0 Å². The molecule has 1 atom stereocenters. The van der Waals surface area contributed by atoms with E-state index in [9.17, 15) is 9.59 Å². The van der Waals surface area contributed by atoms with Crippen molar-refractivity contribution in [2.24, 2.45) is 5.92 Å². The fourth-order valence-electron chi connectivity index (χ4n) is 2.03. The first kappa shape index (κ1) is 14.0. The van der Waals surface area contributed by atoms with Crippen LogP contribution in [0.15, 0.2) is 36.5 Å². The van der Waals surface area contributed by atoms with Crippen molar-refractivity contribution in [1.82, 2.24) is 10.3 Å². The SMILES string of the molecule is CC(C)[C@H](NC(=O)c1ccnc2ccccc12)C(=O)O. The monoisotopic (exact) mass is 272 g/mol. The molecule has 1 amide bonds. The Kier molecular flexibility index (Phi) is 3.98. The fraction of sp³-hybridized carbons (Fsp3) is 0.267. The summed E-state index contributed by atoms with van der Waals surface area (Å²) in [5.74, 6) is -1.62. The largest absolute Gasteiger partial charge is 0.480 e. The van der Waals surface area contributed by atoms with Crippen molar-refractivity contribution in [3.63, 3.8) is 0 Å². The van der Waals surface area contributed by atoms with Gasteiger partial charge in [0.2, 0.25) is 0 Å². The van der Waals surface area contributed by atoms with Gasteiger partial charge in [0.1, 0.15) is 6.04 Å². The molecular weight excluding hydrogens is 256 g/mol. The Hall–Kier alpha value is -2.43. The van der Waals surface area contributed by atoms with E-state index in [0.717, 1.165) is 0 Å². The quantitative estimate of drug-likeness (QED) is 0.893. The summed E-state index contributed by atoms with van der Waals surface area (Å²) in [4.78, 5) is 27.6. The first-order chi connectivity index (χ1) is 9.50. The van der Waals surface area contributed by atoms with Gasteiger partial charge in [-0.2, -0.15) is 0 Å². The van der Waals surface area contributed by atoms with Gasteiger partial charge in [-0.25, -0.2) is 4.79 Å². The van der Waals surface area contributed by atoms with E-state index in [1.807, 2.05) is 18.2 Å². The van der Waals surface area contributed by atoms with E-state index in [2.05, 4.69) is 10.3 Å². The van der Waals surface area contributed by atoms with E-state index in [1.165, 1.54) is 0 Å². The van der Waals surface area contributed by atoms with Crippen LogP contribution in [0.1, 0.15) is 24.2 Å². The number of aliphatic carboxylic acids is 1. The molecule has 1 aromatic heterocycles. The molecule has 0 aliphatic carbocycles. The van der Waals surface area contributed by atoms with Crippen molar-refractivity contribution in [2.75, 3.05) is 0 Å². The van der Waals surface area contributed by atoms with E-state index < -0.39 is 17.9 Å². The van der Waals surface area contributed by atoms with Crippen LogP contribution in [0.25, 0.3) is 10.9 Å². The Morgan fingerprint density at radius 2 is 1.90 bits per heavy atom. The lowest BCUT2D eigenvalue weighted by Gasteiger charge is -2.18. The Bertz CT molecular complexity index is 647. The van der Waals surface area contributed by atoms with Gasteiger partial charge in [0.05, 0.1) is 11.1 Å². The van der Waals surface area contributed by atoms with Crippen molar-refractivity contribution < 1.29 is 14.7 Å². The number of aromatic nitrogens is 1. The van der Waals surface area contributed by atoms with Gasteiger partial charge in [-0.1, -0.05) is 32.0 Å². The molecule has 0 saturated heterocycles. The van der Waals surface area contributed by atoms with Crippen LogP contribution < -0.4 is 5.32 Å². The van der Waals surface area contributed by atoms with Gasteiger partial charge in [-0.15, -0.1) is 0 Å². The van der Waals surface area contributed by atoms with Crippen molar-refractivity contribution in [1.29, 1.82) is 0 Å². The standard InChI is InChI=1S/C15H16N2O3/c1-9(2)13(15(19)20)17-14(18)11-7-8-16-12-6-4-3-5-10(11)12/h3-9,13H,1-2H3,(H,17,18)(H,19,20)/t13-/m0/s1. The van der Waals surface area contributed by atoms with Gasteiger partial charge >= 0.3 is 5.97 Å². The van der Waals surface area contributed by atoms with Crippen LogP contribution in [-0.2, 0) is 4.79 Å². The molecule has 0 spiro atoms. The van der Waals surface area contributed by atoms with Crippen LogP contribution in [0.2, 0.25) is 0 Å². The summed E-state index contributed by atoms with van der Waals surface area (Å²) < 4.78 is 0. The number of carboxylic acid groups (broad SMARTS) is 1. The molecule has 0 saturated carbocycles. The first-order valence-corrected chi connectivity index (χ1v) is 6.38. The summed E-state index contributed by atoms with van der Waals surface area (Å²) in [5.41, 5.74) is 1.14. The number of benzene rings is 1. The minimum atomic E-state index is -1.04. The number of carbonyl (C=O) groups is 2. The van der Waals surface area contributed by atoms with Crippen LogP contribution >= 0.6 is 0 Å². The Labute approximate surface area is 116 Å². The van der Waals surface area contributed by atoms with Gasteiger partial charge in [0, 0.05) is 11.6 Å². The van der Waals surface area contributed by atoms with Gasteiger partial charge < -0.3 is 10.4 Å². The summed E-state index contributed by atoms with van der Waals surface area (Å²) in [6.45, 7) is 3.51. The minimum Gasteiger partial charge on any atom is -0.480 e. The van der Waals surface area contributed by atoms with Crippen LogP contribution in [-0.4, -0.2) is 28.0 Å². The van der Waals surface area contributed by atoms with Crippen LogP contribution in [0.4, 0.5) is 0 Å². The molecule has 5 heteroatoms. The predicted molar refractivity (Wildman–Crippen MR) is 75.5 cm³/mol. The number of pyridine rings is 1. The highest BCUT2D eigenvalue weighted by Gasteiger charge is 2.24. The molecule has 1 heterocycles. The zero-order valence-corrected chi connectivity index (χ0v) is 11.3. The molecule has 0 aliphatic heterocycles. The minimum absolute atomic E-state index is 0.190. The number of carbonyl (C=O) groups excluding carboxylic acids is 1. The molecule has 2 N–H and O–H groups in total. The second kappa shape index (κ2) is 5.69. The maximum atomic E-state index is 12.3. The molecule has 20 heavy (non-hydrogen) atoms. The number of para-hydroxylation sites is 1. The van der Waals surface area contributed by atoms with Gasteiger partial charge in [0.25, 0.3) is 5.91 Å². The third-order valence-corrected chi connectivity index (χ3v) is 3.11. The highest BCUT2D eigenvalue weighted by Crippen LogP contribution is 2.16. The molecule has 0 unspecified atom stereocenters. The summed E-state index contributed by atoms with van der Waals surface area (Å²) in [6, 6.07) is 7.94. The lowest BCUT2D eigenvalue weighted by molar-refractivity contribution is -0.140. The van der Waals surface area contributed by atoms with Crippen molar-refractivity contribution >= 4 is 22.8 Å². The van der Waals surface area contributed by atoms with Crippen molar-refractivity contribution in [2.45, 2.75) is 19.9 Å². The molecule has 0 fully saturated rings. The fourth-order valence-corrected chi connectivity index (χ4v) is 2.03. The van der Waals surface area contributed by atoms with Gasteiger partial charge in [-0.3, -0.25) is 9.78 Å². The lowest BCUT2D eigenvalue weighted by atomic mass is 10.0. The van der Waals surface area contributed by atoms with Crippen molar-refractivity contribution in [3.05, 3.63) is 42.1 Å². The summed E-state index contributed by atoms with van der Waals surface area (Å²) in [7, 11) is 0. The molecule has 2 aromatic rings. The number of nitrogens with zero attached hydrogens (tertiary/aromatic N) is 1. The van der Waals surface area contributed by atoms with Gasteiger partial charge in [-0.05, 0) is 18.1 Å². The predicted octanol–water partition coefficient (Wildman–Crippen LogP) is 2.07. The molecule has 0 radical (unpaired) electrons. The van der Waals surface area contributed by atoms with E-state index >= 15 is 0 Å². The second-order valence-corrected chi connectivity index (χ2v) is 4.91. The first-order valence-electron chi connectivity index (χ1n) is 6.38. The summed E-state index contributed by atoms with van der Waals surface area (Å²) >= 11 is 0. The van der Waals surface area contributed by atoms with E-state index in [0.29, 0.717) is 16.5 Å². The Morgan fingerprint density at radius 3 is 2.55 bits per heavy atom. The molecule has 0 bridgehead atoms. The molecule has 2 rings (SSSR count). The van der Waals surface area contributed by atoms with E-state index in [-0.39, 0.29) is 5.92 Å². The van der Waals surface area contributed by atoms with E-state index in [1.54, 1.807) is 32.2 Å².